The molecule has 1 aliphatic carbocycles. The zero-order valence-electron chi connectivity index (χ0n) is 19.1. The van der Waals surface area contributed by atoms with E-state index in [1.165, 1.54) is 22.4 Å². The van der Waals surface area contributed by atoms with E-state index in [1.807, 2.05) is 12.3 Å². The zero-order valence-corrected chi connectivity index (χ0v) is 19.1. The van der Waals surface area contributed by atoms with Crippen molar-refractivity contribution < 1.29 is 4.79 Å². The summed E-state index contributed by atoms with van der Waals surface area (Å²) in [6.45, 7) is 3.79. The Morgan fingerprint density at radius 1 is 0.879 bits per heavy atom. The molecule has 0 spiro atoms. The summed E-state index contributed by atoms with van der Waals surface area (Å²) in [7, 11) is 0. The summed E-state index contributed by atoms with van der Waals surface area (Å²) in [4.78, 5) is 15.3. The van der Waals surface area contributed by atoms with E-state index in [-0.39, 0.29) is 18.1 Å². The van der Waals surface area contributed by atoms with Gasteiger partial charge in [-0.2, -0.15) is 5.10 Å². The lowest BCUT2D eigenvalue weighted by molar-refractivity contribution is 0.185. The van der Waals surface area contributed by atoms with E-state index >= 15 is 0 Å². The van der Waals surface area contributed by atoms with E-state index in [0.29, 0.717) is 0 Å². The Bertz CT molecular complexity index is 1040. The quantitative estimate of drug-likeness (QED) is 0.598. The lowest BCUT2D eigenvalue weighted by Crippen LogP contribution is -2.48. The summed E-state index contributed by atoms with van der Waals surface area (Å²) in [5.74, 6) is 0. The number of fused-ring (bicyclic) bond motifs is 1. The highest BCUT2D eigenvalue weighted by atomic mass is 16.2. The first kappa shape index (κ1) is 21.7. The number of carbonyl (C=O) groups excluding carboxylic acids is 1. The summed E-state index contributed by atoms with van der Waals surface area (Å²) in [5.41, 5.74) is 5.02. The summed E-state index contributed by atoms with van der Waals surface area (Å²) in [6.07, 6.45) is 6.98. The Labute approximate surface area is 196 Å². The van der Waals surface area contributed by atoms with Crippen molar-refractivity contribution in [2.45, 2.75) is 57.3 Å². The van der Waals surface area contributed by atoms with Gasteiger partial charge in [-0.1, -0.05) is 60.7 Å². The van der Waals surface area contributed by atoms with Crippen LogP contribution >= 0.6 is 0 Å². The molecule has 3 aromatic rings. The van der Waals surface area contributed by atoms with Gasteiger partial charge >= 0.3 is 6.03 Å². The van der Waals surface area contributed by atoms with Crippen molar-refractivity contribution in [2.75, 3.05) is 13.1 Å². The highest BCUT2D eigenvalue weighted by Gasteiger charge is 2.27. The summed E-state index contributed by atoms with van der Waals surface area (Å²) < 4.78 is 2.10. The molecule has 0 bridgehead atoms. The number of nitrogens with one attached hydrogen (secondary N) is 2. The maximum Gasteiger partial charge on any atom is 0.315 e. The highest BCUT2D eigenvalue weighted by Crippen LogP contribution is 2.30. The molecule has 33 heavy (non-hydrogen) atoms. The van der Waals surface area contributed by atoms with Crippen LogP contribution in [-0.4, -0.2) is 39.8 Å². The van der Waals surface area contributed by atoms with Crippen LogP contribution in [0.1, 0.15) is 54.1 Å². The number of hydrogen-bond donors (Lipinski definition) is 2. The van der Waals surface area contributed by atoms with Gasteiger partial charge in [-0.25, -0.2) is 4.79 Å². The van der Waals surface area contributed by atoms with E-state index < -0.39 is 0 Å². The minimum absolute atomic E-state index is 0.0384. The molecule has 6 heteroatoms. The van der Waals surface area contributed by atoms with Gasteiger partial charge in [0, 0.05) is 36.9 Å². The molecular formula is C27H33N5O. The van der Waals surface area contributed by atoms with Gasteiger partial charge in [0.2, 0.25) is 0 Å². The molecular weight excluding hydrogens is 410 g/mol. The second-order valence-electron chi connectivity index (χ2n) is 9.29. The molecule has 1 saturated heterocycles. The average molecular weight is 444 g/mol. The first-order valence-corrected chi connectivity index (χ1v) is 12.2. The molecule has 2 aliphatic rings. The Kier molecular flexibility index (Phi) is 6.72. The van der Waals surface area contributed by atoms with Crippen LogP contribution in [0.15, 0.2) is 66.9 Å². The number of carbonyl (C=O) groups is 1. The molecule has 5 rings (SSSR count). The van der Waals surface area contributed by atoms with Crippen LogP contribution in [0.5, 0.6) is 0 Å². The molecule has 1 aromatic heterocycles. The van der Waals surface area contributed by atoms with Crippen LogP contribution < -0.4 is 10.6 Å². The molecule has 2 aromatic carbocycles. The molecule has 1 atom stereocenters. The number of piperidine rings is 1. The SMILES string of the molecule is O=C(NC1CCN(Cc2ccccc2)CC1)NC1CCCc2c1cnn2Cc1ccccc1. The van der Waals surface area contributed by atoms with Gasteiger partial charge in [-0.15, -0.1) is 0 Å². The minimum Gasteiger partial charge on any atom is -0.335 e. The number of rotatable bonds is 6. The van der Waals surface area contributed by atoms with E-state index in [4.69, 9.17) is 0 Å². The van der Waals surface area contributed by atoms with Gasteiger partial charge < -0.3 is 10.6 Å². The number of benzene rings is 2. The molecule has 1 unspecified atom stereocenters. The molecule has 2 amide bonds. The van der Waals surface area contributed by atoms with Crippen molar-refractivity contribution in [3.8, 4) is 0 Å². The molecule has 0 radical (unpaired) electrons. The zero-order chi connectivity index (χ0) is 22.5. The lowest BCUT2D eigenvalue weighted by atomic mass is 9.93. The van der Waals surface area contributed by atoms with Gasteiger partial charge in [0.25, 0.3) is 0 Å². The summed E-state index contributed by atoms with van der Waals surface area (Å²) in [5, 5.41) is 11.1. The standard InChI is InChI=1S/C27H33N5O/c33-27(29-23-14-16-31(17-15-23)19-21-8-3-1-4-9-21)30-25-12-7-13-26-24(25)18-28-32(26)20-22-10-5-2-6-11-22/h1-6,8-11,18,23,25H,7,12-17,19-20H2,(H2,29,30,33). The van der Waals surface area contributed by atoms with Crippen LogP contribution in [0.4, 0.5) is 4.79 Å². The van der Waals surface area contributed by atoms with Crippen molar-refractivity contribution in [3.63, 3.8) is 0 Å². The number of urea groups is 1. The fraction of sp³-hybridized carbons (Fsp3) is 0.407. The van der Waals surface area contributed by atoms with Gasteiger partial charge in [-0.3, -0.25) is 9.58 Å². The Morgan fingerprint density at radius 2 is 1.55 bits per heavy atom. The molecule has 0 saturated carbocycles. The first-order chi connectivity index (χ1) is 16.2. The third-order valence-electron chi connectivity index (χ3n) is 6.92. The van der Waals surface area contributed by atoms with Gasteiger partial charge in [0.1, 0.15) is 0 Å². The van der Waals surface area contributed by atoms with Gasteiger partial charge in [0.15, 0.2) is 0 Å². The normalized spacial score (nSPS) is 19.1. The molecule has 6 nitrogen and oxygen atoms in total. The minimum atomic E-state index is -0.0508. The van der Waals surface area contributed by atoms with Crippen LogP contribution in [0.3, 0.4) is 0 Å². The molecule has 2 heterocycles. The lowest BCUT2D eigenvalue weighted by Gasteiger charge is -2.33. The van der Waals surface area contributed by atoms with E-state index in [9.17, 15) is 4.79 Å². The fourth-order valence-corrected chi connectivity index (χ4v) is 5.12. The van der Waals surface area contributed by atoms with Crippen LogP contribution in [0.2, 0.25) is 0 Å². The van der Waals surface area contributed by atoms with Gasteiger partial charge in [0.05, 0.1) is 18.8 Å². The van der Waals surface area contributed by atoms with E-state index in [0.717, 1.165) is 58.3 Å². The monoisotopic (exact) mass is 443 g/mol. The average Bonchev–Trinajstić information content (AvgIpc) is 3.25. The van der Waals surface area contributed by atoms with E-state index in [1.54, 1.807) is 0 Å². The predicted molar refractivity (Wildman–Crippen MR) is 130 cm³/mol. The van der Waals surface area contributed by atoms with Crippen molar-refractivity contribution in [1.82, 2.24) is 25.3 Å². The molecule has 172 valence electrons. The van der Waals surface area contributed by atoms with Gasteiger partial charge in [-0.05, 0) is 43.2 Å². The summed E-state index contributed by atoms with van der Waals surface area (Å²) >= 11 is 0. The Hall–Kier alpha value is -3.12. The fourth-order valence-electron chi connectivity index (χ4n) is 5.12. The molecule has 2 N–H and O–H groups in total. The smallest absolute Gasteiger partial charge is 0.315 e. The van der Waals surface area contributed by atoms with Crippen molar-refractivity contribution in [1.29, 1.82) is 0 Å². The van der Waals surface area contributed by atoms with Crippen LogP contribution in [0.25, 0.3) is 0 Å². The third-order valence-corrected chi connectivity index (χ3v) is 6.92. The predicted octanol–water partition coefficient (Wildman–Crippen LogP) is 4.27. The second kappa shape index (κ2) is 10.2. The van der Waals surface area contributed by atoms with Crippen molar-refractivity contribution in [2.24, 2.45) is 0 Å². The van der Waals surface area contributed by atoms with Crippen LogP contribution in [-0.2, 0) is 19.5 Å². The number of amides is 2. The molecule has 1 fully saturated rings. The largest absolute Gasteiger partial charge is 0.335 e. The Balaban J connectivity index is 1.12. The van der Waals surface area contributed by atoms with E-state index in [2.05, 4.69) is 79.9 Å². The molecule has 1 aliphatic heterocycles. The number of hydrogen-bond acceptors (Lipinski definition) is 3. The maximum absolute atomic E-state index is 12.8. The van der Waals surface area contributed by atoms with Crippen LogP contribution in [0, 0.1) is 0 Å². The van der Waals surface area contributed by atoms with Crippen molar-refractivity contribution >= 4 is 6.03 Å². The second-order valence-corrected chi connectivity index (χ2v) is 9.29. The topological polar surface area (TPSA) is 62.2 Å². The summed E-state index contributed by atoms with van der Waals surface area (Å²) in [6, 6.07) is 21.2. The number of likely N-dealkylation sites (tertiary alicyclic amines) is 1. The van der Waals surface area contributed by atoms with Crippen molar-refractivity contribution in [3.05, 3.63) is 89.2 Å². The first-order valence-electron chi connectivity index (χ1n) is 12.2. The third kappa shape index (κ3) is 5.45. The number of nitrogens with zero attached hydrogens (tertiary/aromatic N) is 3. The number of aromatic nitrogens is 2. The highest BCUT2D eigenvalue weighted by molar-refractivity contribution is 5.74. The Morgan fingerprint density at radius 3 is 2.24 bits per heavy atom. The maximum atomic E-state index is 12.8.